The highest BCUT2D eigenvalue weighted by Crippen LogP contribution is 2.61. The Morgan fingerprint density at radius 1 is 0.143 bits per heavy atom. The van der Waals surface area contributed by atoms with E-state index in [1.165, 1.54) is 258 Å². The predicted octanol–water partition coefficient (Wildman–Crippen LogP) is 40.6. The minimum Gasteiger partial charge on any atom is -0.456 e. The van der Waals surface area contributed by atoms with Crippen molar-refractivity contribution in [2.45, 2.75) is 57.8 Å². The van der Waals surface area contributed by atoms with E-state index in [0.29, 0.717) is 0 Å². The molecule has 0 saturated carbocycles. The van der Waals surface area contributed by atoms with Gasteiger partial charge in [-0.2, -0.15) is 0 Å². The highest BCUT2D eigenvalue weighted by atomic mass is 16.3. The van der Waals surface area contributed by atoms with Gasteiger partial charge in [0.15, 0.2) is 0 Å². The lowest BCUT2D eigenvalue weighted by Gasteiger charge is -2.26. The monoisotopic (exact) mass is 1870 g/mol. The molecule has 0 bridgehead atoms. The molecular formula is C145H98O2. The largest absolute Gasteiger partial charge is 0.456 e. The maximum atomic E-state index is 6.49. The summed E-state index contributed by atoms with van der Waals surface area (Å²) in [5.74, 6) is 0. The summed E-state index contributed by atoms with van der Waals surface area (Å²) in [6.45, 7) is 14.4. The molecule has 0 atom stereocenters. The fourth-order valence-electron chi connectivity index (χ4n) is 26.6. The Balaban J connectivity index is 0.000000104. The van der Waals surface area contributed by atoms with Gasteiger partial charge in [-0.25, -0.2) is 0 Å². The number of hydrogen-bond donors (Lipinski definition) is 0. The van der Waals surface area contributed by atoms with E-state index < -0.39 is 0 Å². The van der Waals surface area contributed by atoms with Crippen molar-refractivity contribution in [3.63, 3.8) is 0 Å². The minimum absolute atomic E-state index is 0.147. The fraction of sp³-hybridized carbons (Fsp3) is 0.0621. The number of para-hydroxylation sites is 2. The van der Waals surface area contributed by atoms with Gasteiger partial charge in [0, 0.05) is 43.4 Å². The molecule has 0 radical (unpaired) electrons. The summed E-state index contributed by atoms with van der Waals surface area (Å²) in [6, 6.07) is 179. The van der Waals surface area contributed by atoms with Crippen LogP contribution in [0.15, 0.2) is 494 Å². The Morgan fingerprint density at radius 2 is 0.429 bits per heavy atom. The van der Waals surface area contributed by atoms with Crippen molar-refractivity contribution in [2.75, 3.05) is 0 Å². The highest BCUT2D eigenvalue weighted by Gasteiger charge is 2.43. The smallest absolute Gasteiger partial charge is 0.143 e. The number of hydrogen-bond acceptors (Lipinski definition) is 2. The molecule has 28 aromatic rings. The number of rotatable bonds is 8. The number of furan rings is 2. The lowest BCUT2D eigenvalue weighted by Crippen LogP contribution is -2.16. The predicted molar refractivity (Wildman–Crippen MR) is 625 cm³/mol. The standard InChI is InChI=1S/C51H34O.C49H32O.C45H32/c1-51(2)45-30-32-15-4-3-14-31(32)29-44(45)41-24-13-26-43(49(41)51)48-39-21-7-5-19-37(39)47(38-20-6-8-22-40(38)48)34-17-11-16-33(28-34)35-23-12-25-42-36-18-9-10-27-46(36)52-50(35)42;1-49(2)42-28-31-14-4-3-13-30(31)26-40(42)38-20-11-21-39(48(38)49)46-36-18-9-7-16-34(36)45(35-17-8-10-19-37(35)46)32-23-24-43-41(27-32)47-33-15-6-5-12-29(33)22-25-44(47)50-43;1-45(2)41-28-31-18-7-6-17-30(31)27-40(41)38-25-14-26-39(44(38)45)43-36-23-12-10-21-34(36)42(35-22-11-13-24-37(35)43)33-20-9-8-19-32(33)29-15-4-3-5-16-29/h3-30H,1-2H3;3-28H,1-2H3;3-28H,1-2H3. The van der Waals surface area contributed by atoms with Gasteiger partial charge in [-0.15, -0.1) is 0 Å². The molecule has 2 heteroatoms. The van der Waals surface area contributed by atoms with E-state index in [1.807, 2.05) is 6.07 Å². The molecule has 2 heterocycles. The van der Waals surface area contributed by atoms with Crippen LogP contribution in [0.25, 0.3) is 274 Å². The van der Waals surface area contributed by atoms with E-state index in [4.69, 9.17) is 8.83 Å². The minimum atomic E-state index is -0.168. The van der Waals surface area contributed by atoms with Crippen LogP contribution in [0.1, 0.15) is 74.9 Å². The zero-order valence-electron chi connectivity index (χ0n) is 82.5. The van der Waals surface area contributed by atoms with Crippen LogP contribution >= 0.6 is 0 Å². The Kier molecular flexibility index (Phi) is 19.2. The van der Waals surface area contributed by atoms with E-state index in [9.17, 15) is 0 Å². The van der Waals surface area contributed by atoms with Crippen molar-refractivity contribution in [1.82, 2.24) is 0 Å². The lowest BCUT2D eigenvalue weighted by molar-refractivity contribution is 0.663. The third kappa shape index (κ3) is 13.1. The molecule has 0 N–H and O–H groups in total. The summed E-state index contributed by atoms with van der Waals surface area (Å²) in [5, 5.41) is 30.1. The number of benzene rings is 26. The molecule has 0 aliphatic heterocycles. The molecule has 2 nitrogen and oxygen atoms in total. The third-order valence-electron chi connectivity index (χ3n) is 33.0. The van der Waals surface area contributed by atoms with Crippen LogP contribution < -0.4 is 0 Å². The fourth-order valence-corrected chi connectivity index (χ4v) is 26.6. The van der Waals surface area contributed by atoms with Gasteiger partial charge in [0.25, 0.3) is 0 Å². The molecule has 690 valence electrons. The first-order chi connectivity index (χ1) is 72.2. The zero-order chi connectivity index (χ0) is 97.8. The Labute approximate surface area is 853 Å². The van der Waals surface area contributed by atoms with Crippen molar-refractivity contribution in [3.8, 4) is 122 Å². The average Bonchev–Trinajstić information content (AvgIpc) is 1.57. The first-order valence-corrected chi connectivity index (χ1v) is 51.6. The second-order valence-corrected chi connectivity index (χ2v) is 42.1. The summed E-state index contributed by atoms with van der Waals surface area (Å²) in [6.07, 6.45) is 0. The van der Waals surface area contributed by atoms with Crippen molar-refractivity contribution in [2.24, 2.45) is 0 Å². The molecule has 2 aromatic heterocycles. The van der Waals surface area contributed by atoms with Gasteiger partial charge < -0.3 is 8.83 Å². The lowest BCUT2D eigenvalue weighted by atomic mass is 9.76. The summed E-state index contributed by atoms with van der Waals surface area (Å²) in [7, 11) is 0. The second-order valence-electron chi connectivity index (χ2n) is 42.1. The van der Waals surface area contributed by atoms with Crippen LogP contribution in [0.4, 0.5) is 0 Å². The van der Waals surface area contributed by atoms with Crippen molar-refractivity contribution >= 4 is 152 Å². The second kappa shape index (κ2) is 33.0. The van der Waals surface area contributed by atoms with Gasteiger partial charge in [0.1, 0.15) is 22.3 Å². The maximum Gasteiger partial charge on any atom is 0.143 e. The summed E-state index contributed by atoms with van der Waals surface area (Å²) in [4.78, 5) is 0. The van der Waals surface area contributed by atoms with Gasteiger partial charge >= 0.3 is 0 Å². The van der Waals surface area contributed by atoms with E-state index in [2.05, 4.69) is 521 Å². The van der Waals surface area contributed by atoms with Gasteiger partial charge in [0.05, 0.1) is 0 Å². The molecule has 147 heavy (non-hydrogen) atoms. The van der Waals surface area contributed by atoms with Crippen LogP contribution in [0, 0.1) is 0 Å². The van der Waals surface area contributed by atoms with Gasteiger partial charge in [-0.1, -0.05) is 460 Å². The third-order valence-corrected chi connectivity index (χ3v) is 33.0. The molecule has 0 spiro atoms. The Hall–Kier alpha value is -18.1. The van der Waals surface area contributed by atoms with E-state index in [0.717, 1.165) is 49.6 Å². The Morgan fingerprint density at radius 3 is 0.864 bits per heavy atom. The normalized spacial score (nSPS) is 13.4. The molecule has 3 aliphatic carbocycles. The van der Waals surface area contributed by atoms with Gasteiger partial charge in [-0.3, -0.25) is 0 Å². The van der Waals surface area contributed by atoms with Crippen molar-refractivity contribution in [3.05, 3.63) is 519 Å². The van der Waals surface area contributed by atoms with Crippen LogP contribution in [0.2, 0.25) is 0 Å². The van der Waals surface area contributed by atoms with Gasteiger partial charge in [0.2, 0.25) is 0 Å². The van der Waals surface area contributed by atoms with Gasteiger partial charge in [-0.05, 0) is 325 Å². The maximum absolute atomic E-state index is 6.49. The molecule has 0 fully saturated rings. The highest BCUT2D eigenvalue weighted by molar-refractivity contribution is 6.28. The van der Waals surface area contributed by atoms with E-state index >= 15 is 0 Å². The molecule has 3 aliphatic rings. The topological polar surface area (TPSA) is 26.3 Å². The van der Waals surface area contributed by atoms with E-state index in [1.54, 1.807) is 0 Å². The molecular weight excluding hydrogens is 1770 g/mol. The molecule has 0 amide bonds. The first kappa shape index (κ1) is 85.7. The molecule has 0 unspecified atom stereocenters. The van der Waals surface area contributed by atoms with E-state index in [-0.39, 0.29) is 16.2 Å². The van der Waals surface area contributed by atoms with Crippen LogP contribution in [-0.4, -0.2) is 0 Å². The Bertz CT molecular complexity index is 10300. The van der Waals surface area contributed by atoms with Crippen LogP contribution in [-0.2, 0) is 16.2 Å². The summed E-state index contributed by atoms with van der Waals surface area (Å²) in [5.41, 5.74) is 39.9. The van der Waals surface area contributed by atoms with Crippen LogP contribution in [0.3, 0.4) is 0 Å². The van der Waals surface area contributed by atoms with Crippen molar-refractivity contribution in [1.29, 1.82) is 0 Å². The average molecular weight is 1870 g/mol. The summed E-state index contributed by atoms with van der Waals surface area (Å²) >= 11 is 0. The summed E-state index contributed by atoms with van der Waals surface area (Å²) < 4.78 is 12.9. The molecule has 0 saturated heterocycles. The van der Waals surface area contributed by atoms with Crippen molar-refractivity contribution < 1.29 is 8.83 Å². The first-order valence-electron chi connectivity index (χ1n) is 51.6. The van der Waals surface area contributed by atoms with Crippen LogP contribution in [0.5, 0.6) is 0 Å². The number of fused-ring (bicyclic) bond motifs is 26. The molecule has 31 rings (SSSR count). The quantitative estimate of drug-likeness (QED) is 0.142. The molecule has 26 aromatic carbocycles. The zero-order valence-corrected chi connectivity index (χ0v) is 82.5. The SMILES string of the molecule is CC1(C)c2cc3ccccc3cc2-c2cccc(-c3c4ccccc4c(-c4ccc5oc6ccc7ccccc7c6c5c4)c4ccccc34)c21.CC1(C)c2cc3ccccc3cc2-c2cccc(-c3c4ccccc4c(-c4cccc(-c5cccc6c5oc5ccccc56)c4)c4ccccc34)c21.CC1(C)c2cc3ccccc3cc2-c2cccc(-c3c4ccccc4c(-c4ccccc4-c4ccccc4)c4ccccc34)c21.